The summed E-state index contributed by atoms with van der Waals surface area (Å²) in [7, 11) is 1.22. The van der Waals surface area contributed by atoms with Gasteiger partial charge in [0.1, 0.15) is 23.9 Å². The predicted molar refractivity (Wildman–Crippen MR) is 126 cm³/mol. The molecule has 7 nitrogen and oxygen atoms in total. The van der Waals surface area contributed by atoms with Crippen LogP contribution in [0.3, 0.4) is 0 Å². The smallest absolute Gasteiger partial charge is 0.373 e. The summed E-state index contributed by atoms with van der Waals surface area (Å²) in [5.74, 6) is -0.877. The summed E-state index contributed by atoms with van der Waals surface area (Å²) >= 11 is 4.17. The van der Waals surface area contributed by atoms with Gasteiger partial charge in [0.2, 0.25) is 5.76 Å². The Balaban J connectivity index is 1.53. The van der Waals surface area contributed by atoms with E-state index in [4.69, 9.17) is 9.15 Å². The number of carbonyl (C=O) groups excluding carboxylic acids is 3. The minimum atomic E-state index is -0.655. The first-order chi connectivity index (χ1) is 16.4. The number of carbonyl (C=O) groups is 3. The molecule has 4 rings (SSSR count). The van der Waals surface area contributed by atoms with Crippen LogP contribution in [-0.4, -0.2) is 29.1 Å². The molecular formula is C24H17BrFNO6S. The number of ether oxygens (including phenoxy) is 2. The van der Waals surface area contributed by atoms with Crippen molar-refractivity contribution in [3.05, 3.63) is 92.4 Å². The number of nitrogens with zero attached hydrogens (tertiary/aromatic N) is 1. The number of esters is 1. The molecule has 3 aromatic rings. The first-order valence-electron chi connectivity index (χ1n) is 9.94. The second-order valence-corrected chi connectivity index (χ2v) is 9.00. The summed E-state index contributed by atoms with van der Waals surface area (Å²) in [6.07, 6.45) is 1.55. The van der Waals surface area contributed by atoms with Crippen molar-refractivity contribution in [1.29, 1.82) is 0 Å². The van der Waals surface area contributed by atoms with Crippen molar-refractivity contribution in [3.63, 3.8) is 0 Å². The number of rotatable bonds is 7. The molecule has 34 heavy (non-hydrogen) atoms. The van der Waals surface area contributed by atoms with Gasteiger partial charge in [0.15, 0.2) is 0 Å². The maximum Gasteiger partial charge on any atom is 0.373 e. The zero-order valence-electron chi connectivity index (χ0n) is 17.7. The van der Waals surface area contributed by atoms with E-state index >= 15 is 0 Å². The maximum atomic E-state index is 13.9. The quantitative estimate of drug-likeness (QED) is 0.274. The van der Waals surface area contributed by atoms with Gasteiger partial charge in [-0.25, -0.2) is 9.18 Å². The first-order valence-corrected chi connectivity index (χ1v) is 11.5. The van der Waals surface area contributed by atoms with Crippen molar-refractivity contribution in [1.82, 2.24) is 4.90 Å². The summed E-state index contributed by atoms with van der Waals surface area (Å²) in [5, 5.41) is -0.476. The monoisotopic (exact) mass is 545 g/mol. The van der Waals surface area contributed by atoms with Gasteiger partial charge in [0, 0.05) is 15.6 Å². The summed E-state index contributed by atoms with van der Waals surface area (Å²) in [5.41, 5.74) is 0.934. The Morgan fingerprint density at radius 1 is 1.18 bits per heavy atom. The third-order valence-corrected chi connectivity index (χ3v) is 6.24. The van der Waals surface area contributed by atoms with E-state index in [9.17, 15) is 18.8 Å². The Labute approximate surface area is 206 Å². The molecule has 2 aromatic carbocycles. The zero-order chi connectivity index (χ0) is 24.2. The summed E-state index contributed by atoms with van der Waals surface area (Å²) in [4.78, 5) is 38.2. The van der Waals surface area contributed by atoms with E-state index in [1.165, 1.54) is 25.3 Å². The van der Waals surface area contributed by atoms with Gasteiger partial charge in [-0.3, -0.25) is 14.5 Å². The molecule has 0 saturated carbocycles. The lowest BCUT2D eigenvalue weighted by atomic mass is 10.1. The van der Waals surface area contributed by atoms with Gasteiger partial charge in [-0.2, -0.15) is 0 Å². The van der Waals surface area contributed by atoms with Gasteiger partial charge in [-0.15, -0.1) is 0 Å². The number of thioether (sulfide) groups is 1. The largest absolute Gasteiger partial charge is 0.488 e. The van der Waals surface area contributed by atoms with Gasteiger partial charge in [-0.05, 0) is 54.2 Å². The second kappa shape index (κ2) is 10.3. The fourth-order valence-electron chi connectivity index (χ4n) is 3.14. The Hall–Kier alpha value is -3.37. The Kier molecular flexibility index (Phi) is 7.18. The van der Waals surface area contributed by atoms with Crippen LogP contribution in [0.25, 0.3) is 6.08 Å². The van der Waals surface area contributed by atoms with Crippen LogP contribution in [0, 0.1) is 5.82 Å². The van der Waals surface area contributed by atoms with Gasteiger partial charge < -0.3 is 13.9 Å². The molecule has 2 amide bonds. The highest BCUT2D eigenvalue weighted by Gasteiger charge is 2.36. The van der Waals surface area contributed by atoms with E-state index in [-0.39, 0.29) is 35.4 Å². The minimum Gasteiger partial charge on any atom is -0.488 e. The average molecular weight is 546 g/mol. The molecule has 10 heteroatoms. The Morgan fingerprint density at radius 3 is 2.74 bits per heavy atom. The number of benzene rings is 2. The lowest BCUT2D eigenvalue weighted by Gasteiger charge is -2.11. The summed E-state index contributed by atoms with van der Waals surface area (Å²) in [6, 6.07) is 14.4. The van der Waals surface area contributed by atoms with E-state index < -0.39 is 17.1 Å². The molecule has 1 saturated heterocycles. The molecule has 1 aliphatic heterocycles. The van der Waals surface area contributed by atoms with Crippen LogP contribution in [0.5, 0.6) is 5.75 Å². The molecular weight excluding hydrogens is 529 g/mol. The number of methoxy groups -OCH3 is 1. The third-order valence-electron chi connectivity index (χ3n) is 4.84. The van der Waals surface area contributed by atoms with E-state index in [0.29, 0.717) is 16.9 Å². The minimum absolute atomic E-state index is 0.00234. The van der Waals surface area contributed by atoms with Crippen molar-refractivity contribution in [3.8, 4) is 5.75 Å². The van der Waals surface area contributed by atoms with E-state index in [2.05, 4.69) is 20.7 Å². The Bertz CT molecular complexity index is 1300. The van der Waals surface area contributed by atoms with Gasteiger partial charge in [-0.1, -0.05) is 34.1 Å². The molecule has 1 aromatic heterocycles. The molecule has 174 valence electrons. The lowest BCUT2D eigenvalue weighted by molar-refractivity contribution is -0.123. The van der Waals surface area contributed by atoms with Crippen molar-refractivity contribution in [2.24, 2.45) is 0 Å². The molecule has 0 aliphatic carbocycles. The van der Waals surface area contributed by atoms with E-state index in [1.54, 1.807) is 42.5 Å². The molecule has 0 atom stereocenters. The van der Waals surface area contributed by atoms with Crippen molar-refractivity contribution in [2.45, 2.75) is 13.2 Å². The standard InChI is InChI=1S/C24H17BrFNO6S/c1-31-23(29)20-9-7-17(33-20)12-27-22(28)21(34-24(27)30)11-15-10-16(25)6-8-19(15)32-13-14-4-2-3-5-18(14)26/h2-11H,12-13H2,1H3/b21-11+. The highest BCUT2D eigenvalue weighted by molar-refractivity contribution is 9.10. The number of imide groups is 1. The second-order valence-electron chi connectivity index (χ2n) is 7.09. The number of hydrogen-bond donors (Lipinski definition) is 0. The molecule has 1 fully saturated rings. The SMILES string of the molecule is COC(=O)c1ccc(CN2C(=O)S/C(=C/c3cc(Br)ccc3OCc3ccccc3F)C2=O)o1. The Morgan fingerprint density at radius 2 is 1.97 bits per heavy atom. The number of amides is 2. The lowest BCUT2D eigenvalue weighted by Crippen LogP contribution is -2.27. The van der Waals surface area contributed by atoms with Crippen LogP contribution >= 0.6 is 27.7 Å². The molecule has 1 aliphatic rings. The van der Waals surface area contributed by atoms with Crippen LogP contribution < -0.4 is 4.74 Å². The predicted octanol–water partition coefficient (Wildman–Crippen LogP) is 5.78. The van der Waals surface area contributed by atoms with E-state index in [1.807, 2.05) is 0 Å². The van der Waals surface area contributed by atoms with Crippen LogP contribution in [-0.2, 0) is 22.7 Å². The summed E-state index contributed by atoms with van der Waals surface area (Å²) in [6.45, 7) is -0.133. The number of furan rings is 1. The van der Waals surface area contributed by atoms with Crippen molar-refractivity contribution < 1.29 is 32.7 Å². The van der Waals surface area contributed by atoms with E-state index in [0.717, 1.165) is 21.1 Å². The highest BCUT2D eigenvalue weighted by Crippen LogP contribution is 2.36. The summed E-state index contributed by atoms with van der Waals surface area (Å²) < 4.78 is 30.4. The fourth-order valence-corrected chi connectivity index (χ4v) is 4.35. The molecule has 0 spiro atoms. The van der Waals surface area contributed by atoms with Gasteiger partial charge >= 0.3 is 5.97 Å². The maximum absolute atomic E-state index is 13.9. The van der Waals surface area contributed by atoms with Crippen LogP contribution in [0.2, 0.25) is 0 Å². The zero-order valence-corrected chi connectivity index (χ0v) is 20.2. The highest BCUT2D eigenvalue weighted by atomic mass is 79.9. The van der Waals surface area contributed by atoms with Crippen LogP contribution in [0.15, 0.2) is 68.4 Å². The fraction of sp³-hybridized carbons (Fsp3) is 0.125. The van der Waals surface area contributed by atoms with Crippen molar-refractivity contribution in [2.75, 3.05) is 7.11 Å². The number of hydrogen-bond acceptors (Lipinski definition) is 7. The van der Waals surface area contributed by atoms with Crippen LogP contribution in [0.1, 0.15) is 27.4 Å². The van der Waals surface area contributed by atoms with Crippen LogP contribution in [0.4, 0.5) is 9.18 Å². The number of halogens is 2. The normalized spacial score (nSPS) is 14.7. The first kappa shape index (κ1) is 23.8. The molecule has 0 radical (unpaired) electrons. The van der Waals surface area contributed by atoms with Gasteiger partial charge in [0.25, 0.3) is 11.1 Å². The molecule has 0 unspecified atom stereocenters. The molecule has 0 bridgehead atoms. The van der Waals surface area contributed by atoms with Crippen molar-refractivity contribution >= 4 is 50.9 Å². The molecule has 2 heterocycles. The molecule has 0 N–H and O–H groups in total. The van der Waals surface area contributed by atoms with Gasteiger partial charge in [0.05, 0.1) is 18.6 Å². The third kappa shape index (κ3) is 5.23. The topological polar surface area (TPSA) is 86.0 Å². The average Bonchev–Trinajstić information content (AvgIpc) is 3.39.